The van der Waals surface area contributed by atoms with Gasteiger partial charge in [-0.1, -0.05) is 13.8 Å². The molecule has 0 atom stereocenters. The standard InChI is InChI=1S/C23H26FN3O4S2/c1-5-27(6-2)33(29,30)18-11-12-20(31-4)19(13-18)26-22(28)14-21-23(25-15(3)32-21)16-7-9-17(24)10-8-16/h7-13H,5-6,14H2,1-4H3,(H,26,28). The van der Waals surface area contributed by atoms with E-state index in [0.29, 0.717) is 30.1 Å². The molecule has 1 heterocycles. The number of carbonyl (C=O) groups is 1. The molecule has 0 saturated heterocycles. The quantitative estimate of drug-likeness (QED) is 0.477. The van der Waals surface area contributed by atoms with Gasteiger partial charge in [-0.3, -0.25) is 4.79 Å². The van der Waals surface area contributed by atoms with Crippen molar-refractivity contribution in [2.24, 2.45) is 0 Å². The molecule has 7 nitrogen and oxygen atoms in total. The topological polar surface area (TPSA) is 88.6 Å². The van der Waals surface area contributed by atoms with Crippen LogP contribution in [0.5, 0.6) is 5.75 Å². The number of halogens is 1. The number of thiazole rings is 1. The SMILES string of the molecule is CCN(CC)S(=O)(=O)c1ccc(OC)c(NC(=O)Cc2sc(C)nc2-c2ccc(F)cc2)c1. The molecule has 0 unspecified atom stereocenters. The van der Waals surface area contributed by atoms with Gasteiger partial charge in [0.05, 0.1) is 34.8 Å². The van der Waals surface area contributed by atoms with Gasteiger partial charge >= 0.3 is 0 Å². The number of aryl methyl sites for hydroxylation is 1. The Morgan fingerprint density at radius 1 is 1.15 bits per heavy atom. The van der Waals surface area contributed by atoms with E-state index >= 15 is 0 Å². The summed E-state index contributed by atoms with van der Waals surface area (Å²) >= 11 is 1.38. The summed E-state index contributed by atoms with van der Waals surface area (Å²) in [6, 6.07) is 10.3. The van der Waals surface area contributed by atoms with Crippen LogP contribution in [-0.2, 0) is 21.2 Å². The summed E-state index contributed by atoms with van der Waals surface area (Å²) in [5, 5.41) is 3.55. The first-order valence-electron chi connectivity index (χ1n) is 10.4. The van der Waals surface area contributed by atoms with Crippen LogP contribution in [0, 0.1) is 12.7 Å². The number of nitrogens with zero attached hydrogens (tertiary/aromatic N) is 2. The van der Waals surface area contributed by atoms with E-state index in [4.69, 9.17) is 4.74 Å². The maximum Gasteiger partial charge on any atom is 0.243 e. The van der Waals surface area contributed by atoms with Crippen molar-refractivity contribution in [3.8, 4) is 17.0 Å². The van der Waals surface area contributed by atoms with E-state index in [1.165, 1.54) is 53.1 Å². The van der Waals surface area contributed by atoms with E-state index in [-0.39, 0.29) is 28.7 Å². The number of hydrogen-bond donors (Lipinski definition) is 1. The van der Waals surface area contributed by atoms with Crippen LogP contribution >= 0.6 is 11.3 Å². The fraction of sp³-hybridized carbons (Fsp3) is 0.304. The molecule has 10 heteroatoms. The van der Waals surface area contributed by atoms with Gasteiger partial charge in [0.15, 0.2) is 0 Å². The highest BCUT2D eigenvalue weighted by Gasteiger charge is 2.23. The van der Waals surface area contributed by atoms with E-state index in [1.807, 2.05) is 6.92 Å². The van der Waals surface area contributed by atoms with E-state index in [0.717, 1.165) is 9.88 Å². The molecule has 0 bridgehead atoms. The summed E-state index contributed by atoms with van der Waals surface area (Å²) < 4.78 is 45.7. The lowest BCUT2D eigenvalue weighted by Gasteiger charge is -2.19. The van der Waals surface area contributed by atoms with Crippen LogP contribution in [0.2, 0.25) is 0 Å². The number of nitrogens with one attached hydrogen (secondary N) is 1. The fourth-order valence-electron chi connectivity index (χ4n) is 3.42. The number of rotatable bonds is 9. The second-order valence-corrected chi connectivity index (χ2v) is 10.4. The fourth-order valence-corrected chi connectivity index (χ4v) is 5.86. The van der Waals surface area contributed by atoms with E-state index < -0.39 is 10.0 Å². The lowest BCUT2D eigenvalue weighted by atomic mass is 10.1. The van der Waals surface area contributed by atoms with E-state index in [9.17, 15) is 17.6 Å². The number of anilines is 1. The minimum absolute atomic E-state index is 0.0222. The molecular formula is C23H26FN3O4S2. The van der Waals surface area contributed by atoms with Crippen molar-refractivity contribution < 1.29 is 22.3 Å². The molecule has 0 radical (unpaired) electrons. The zero-order valence-electron chi connectivity index (χ0n) is 18.9. The monoisotopic (exact) mass is 491 g/mol. The number of methoxy groups -OCH3 is 1. The zero-order chi connectivity index (χ0) is 24.2. The molecule has 0 aliphatic carbocycles. The number of aromatic nitrogens is 1. The molecule has 0 saturated carbocycles. The van der Waals surface area contributed by atoms with Crippen LogP contribution in [0.15, 0.2) is 47.4 Å². The van der Waals surface area contributed by atoms with Gasteiger partial charge in [-0.25, -0.2) is 17.8 Å². The molecule has 33 heavy (non-hydrogen) atoms. The summed E-state index contributed by atoms with van der Waals surface area (Å²) in [4.78, 5) is 18.2. The Labute approximate surface area is 197 Å². The lowest BCUT2D eigenvalue weighted by Crippen LogP contribution is -2.30. The second kappa shape index (κ2) is 10.4. The van der Waals surface area contributed by atoms with Crippen LogP contribution < -0.4 is 10.1 Å². The molecule has 0 fully saturated rings. The van der Waals surface area contributed by atoms with Crippen molar-refractivity contribution in [2.75, 3.05) is 25.5 Å². The minimum Gasteiger partial charge on any atom is -0.495 e. The molecule has 176 valence electrons. The molecule has 0 aliphatic heterocycles. The Hall–Kier alpha value is -2.82. The van der Waals surface area contributed by atoms with Crippen LogP contribution in [0.25, 0.3) is 11.3 Å². The van der Waals surface area contributed by atoms with Crippen LogP contribution in [-0.4, -0.2) is 43.8 Å². The van der Waals surface area contributed by atoms with Crippen LogP contribution in [0.1, 0.15) is 23.7 Å². The Bertz CT molecular complexity index is 1240. The minimum atomic E-state index is -3.70. The van der Waals surface area contributed by atoms with Gasteiger partial charge in [0.25, 0.3) is 0 Å². The van der Waals surface area contributed by atoms with Crippen molar-refractivity contribution in [3.63, 3.8) is 0 Å². The highest BCUT2D eigenvalue weighted by molar-refractivity contribution is 7.89. The van der Waals surface area contributed by atoms with Gasteiger partial charge in [-0.2, -0.15) is 4.31 Å². The zero-order valence-corrected chi connectivity index (χ0v) is 20.5. The van der Waals surface area contributed by atoms with Gasteiger partial charge in [-0.15, -0.1) is 11.3 Å². The number of hydrogen-bond acceptors (Lipinski definition) is 6. The van der Waals surface area contributed by atoms with Crippen molar-refractivity contribution in [1.29, 1.82) is 0 Å². The predicted octanol–water partition coefficient (Wildman–Crippen LogP) is 4.48. The number of carbonyl (C=O) groups excluding carboxylic acids is 1. The molecule has 2 aromatic carbocycles. The van der Waals surface area contributed by atoms with Gasteiger partial charge in [-0.05, 0) is 49.4 Å². The van der Waals surface area contributed by atoms with Gasteiger partial charge in [0.1, 0.15) is 11.6 Å². The molecule has 0 aliphatic rings. The van der Waals surface area contributed by atoms with E-state index in [2.05, 4.69) is 10.3 Å². The number of benzene rings is 2. The van der Waals surface area contributed by atoms with Gasteiger partial charge in [0, 0.05) is 23.5 Å². The molecule has 3 rings (SSSR count). The van der Waals surface area contributed by atoms with E-state index in [1.54, 1.807) is 26.0 Å². The van der Waals surface area contributed by atoms with Crippen molar-refractivity contribution in [2.45, 2.75) is 32.1 Å². The average molecular weight is 492 g/mol. The molecule has 1 aromatic heterocycles. The first-order chi connectivity index (χ1) is 15.7. The third kappa shape index (κ3) is 5.58. The lowest BCUT2D eigenvalue weighted by molar-refractivity contribution is -0.115. The molecule has 1 N–H and O–H groups in total. The van der Waals surface area contributed by atoms with Crippen molar-refractivity contribution >= 4 is 33.0 Å². The molecular weight excluding hydrogens is 465 g/mol. The number of amides is 1. The summed E-state index contributed by atoms with van der Waals surface area (Å²) in [5.74, 6) is -0.351. The van der Waals surface area contributed by atoms with Gasteiger partial charge < -0.3 is 10.1 Å². The summed E-state index contributed by atoms with van der Waals surface area (Å²) in [6.07, 6.45) is 0.0222. The van der Waals surface area contributed by atoms with Crippen molar-refractivity contribution in [1.82, 2.24) is 9.29 Å². The number of sulfonamides is 1. The third-order valence-corrected chi connectivity index (χ3v) is 8.05. The maximum absolute atomic E-state index is 13.3. The summed E-state index contributed by atoms with van der Waals surface area (Å²) in [5.41, 5.74) is 1.60. The highest BCUT2D eigenvalue weighted by Crippen LogP contribution is 2.31. The second-order valence-electron chi connectivity index (χ2n) is 7.19. The Balaban J connectivity index is 1.87. The molecule has 0 spiro atoms. The van der Waals surface area contributed by atoms with Gasteiger partial charge in [0.2, 0.25) is 15.9 Å². The van der Waals surface area contributed by atoms with Crippen LogP contribution in [0.3, 0.4) is 0 Å². The smallest absolute Gasteiger partial charge is 0.243 e. The normalized spacial score (nSPS) is 11.6. The first-order valence-corrected chi connectivity index (χ1v) is 12.7. The summed E-state index contributed by atoms with van der Waals surface area (Å²) in [6.45, 7) is 6.04. The highest BCUT2D eigenvalue weighted by atomic mass is 32.2. The summed E-state index contributed by atoms with van der Waals surface area (Å²) in [7, 11) is -2.25. The average Bonchev–Trinajstić information content (AvgIpc) is 3.14. The molecule has 1 amide bonds. The first kappa shape index (κ1) is 24.8. The maximum atomic E-state index is 13.3. The number of ether oxygens (including phenoxy) is 1. The van der Waals surface area contributed by atoms with Crippen molar-refractivity contribution in [3.05, 3.63) is 58.2 Å². The third-order valence-electron chi connectivity index (χ3n) is 5.03. The molecule has 3 aromatic rings. The predicted molar refractivity (Wildman–Crippen MR) is 128 cm³/mol. The Morgan fingerprint density at radius 3 is 2.42 bits per heavy atom. The Kier molecular flexibility index (Phi) is 7.83. The Morgan fingerprint density at radius 2 is 1.82 bits per heavy atom. The van der Waals surface area contributed by atoms with Crippen LogP contribution in [0.4, 0.5) is 10.1 Å². The largest absolute Gasteiger partial charge is 0.495 e.